The van der Waals surface area contributed by atoms with Crippen LogP contribution in [-0.2, 0) is 11.2 Å². The van der Waals surface area contributed by atoms with Crippen LogP contribution in [0.2, 0.25) is 0 Å². The van der Waals surface area contributed by atoms with Gasteiger partial charge in [0.2, 0.25) is 5.91 Å². The number of ether oxygens (including phenoxy) is 1. The first-order valence-electron chi connectivity index (χ1n) is 8.25. The Labute approximate surface area is 137 Å². The smallest absolute Gasteiger partial charge is 0.227 e. The molecule has 0 unspecified atom stereocenters. The standard InChI is InChI=1S/C18H26N2O3/c1-2-12-20-16-6-3-7-17(15(16)8-9-18(20)22)23-14-5-11-19-10-4-13-21/h2-3,6-7,19,21H,1,4-5,8-14H2. The van der Waals surface area contributed by atoms with E-state index in [-0.39, 0.29) is 12.5 Å². The molecule has 1 aliphatic heterocycles. The maximum atomic E-state index is 12.1. The molecule has 0 spiro atoms. The summed E-state index contributed by atoms with van der Waals surface area (Å²) < 4.78 is 5.92. The molecule has 0 bridgehead atoms. The van der Waals surface area contributed by atoms with Crippen molar-refractivity contribution in [2.24, 2.45) is 0 Å². The first kappa shape index (κ1) is 17.5. The summed E-state index contributed by atoms with van der Waals surface area (Å²) >= 11 is 0. The highest BCUT2D eigenvalue weighted by Crippen LogP contribution is 2.34. The number of amides is 1. The number of rotatable bonds is 10. The molecule has 0 fully saturated rings. The fourth-order valence-corrected chi connectivity index (χ4v) is 2.73. The number of aliphatic hydroxyl groups excluding tert-OH is 1. The average molecular weight is 318 g/mol. The number of nitrogens with zero attached hydrogens (tertiary/aromatic N) is 1. The molecule has 126 valence electrons. The molecule has 23 heavy (non-hydrogen) atoms. The van der Waals surface area contributed by atoms with Crippen LogP contribution in [0.4, 0.5) is 5.69 Å². The maximum absolute atomic E-state index is 12.1. The third-order valence-corrected chi connectivity index (χ3v) is 3.87. The first-order valence-corrected chi connectivity index (χ1v) is 8.25. The van der Waals surface area contributed by atoms with Crippen molar-refractivity contribution in [3.05, 3.63) is 36.4 Å². The van der Waals surface area contributed by atoms with Gasteiger partial charge in [-0.1, -0.05) is 12.1 Å². The molecule has 0 aromatic heterocycles. The topological polar surface area (TPSA) is 61.8 Å². The van der Waals surface area contributed by atoms with Crippen molar-refractivity contribution < 1.29 is 14.6 Å². The van der Waals surface area contributed by atoms with Crippen LogP contribution < -0.4 is 15.0 Å². The Morgan fingerprint density at radius 3 is 2.91 bits per heavy atom. The molecule has 1 aromatic rings. The Hall–Kier alpha value is -1.85. The van der Waals surface area contributed by atoms with Crippen LogP contribution in [0.5, 0.6) is 5.75 Å². The highest BCUT2D eigenvalue weighted by atomic mass is 16.5. The maximum Gasteiger partial charge on any atom is 0.227 e. The first-order chi connectivity index (χ1) is 11.3. The Bertz CT molecular complexity index is 531. The fraction of sp³-hybridized carbons (Fsp3) is 0.500. The summed E-state index contributed by atoms with van der Waals surface area (Å²) in [6, 6.07) is 5.88. The molecule has 0 saturated heterocycles. The van der Waals surface area contributed by atoms with Gasteiger partial charge in [0.05, 0.1) is 12.3 Å². The number of anilines is 1. The SMILES string of the molecule is C=CCN1C(=O)CCc2c(OCCCNCCCO)cccc21. The normalized spacial score (nSPS) is 13.8. The van der Waals surface area contributed by atoms with Crippen molar-refractivity contribution in [2.75, 3.05) is 37.7 Å². The van der Waals surface area contributed by atoms with Gasteiger partial charge in [-0.2, -0.15) is 0 Å². The number of hydrogen-bond donors (Lipinski definition) is 2. The van der Waals surface area contributed by atoms with Crippen LogP contribution in [0.3, 0.4) is 0 Å². The lowest BCUT2D eigenvalue weighted by Crippen LogP contribution is -2.35. The van der Waals surface area contributed by atoms with E-state index in [1.807, 2.05) is 18.2 Å². The van der Waals surface area contributed by atoms with Gasteiger partial charge in [-0.3, -0.25) is 4.79 Å². The molecule has 1 amide bonds. The minimum Gasteiger partial charge on any atom is -0.493 e. The predicted molar refractivity (Wildman–Crippen MR) is 92.0 cm³/mol. The van der Waals surface area contributed by atoms with Gasteiger partial charge in [0, 0.05) is 25.1 Å². The number of carbonyl (C=O) groups excluding carboxylic acids is 1. The Kier molecular flexibility index (Phi) is 7.10. The third-order valence-electron chi connectivity index (χ3n) is 3.87. The molecule has 5 nitrogen and oxygen atoms in total. The van der Waals surface area contributed by atoms with Gasteiger partial charge in [0.25, 0.3) is 0 Å². The quantitative estimate of drug-likeness (QED) is 0.511. The Balaban J connectivity index is 1.91. The largest absolute Gasteiger partial charge is 0.493 e. The molecule has 0 radical (unpaired) electrons. The van der Waals surface area contributed by atoms with Crippen LogP contribution in [-0.4, -0.2) is 43.9 Å². The second-order valence-electron chi connectivity index (χ2n) is 5.58. The van der Waals surface area contributed by atoms with E-state index in [4.69, 9.17) is 9.84 Å². The molecular weight excluding hydrogens is 292 g/mol. The van der Waals surface area contributed by atoms with E-state index in [0.717, 1.165) is 49.4 Å². The Morgan fingerprint density at radius 2 is 2.13 bits per heavy atom. The molecular formula is C18H26N2O3. The molecule has 1 heterocycles. The van der Waals surface area contributed by atoms with Crippen molar-refractivity contribution in [3.8, 4) is 5.75 Å². The summed E-state index contributed by atoms with van der Waals surface area (Å²) in [4.78, 5) is 13.8. The van der Waals surface area contributed by atoms with E-state index in [1.54, 1.807) is 11.0 Å². The summed E-state index contributed by atoms with van der Waals surface area (Å²) in [5.41, 5.74) is 2.06. The molecule has 0 saturated carbocycles. The molecule has 1 aromatic carbocycles. The van der Waals surface area contributed by atoms with Gasteiger partial charge in [-0.05, 0) is 44.5 Å². The van der Waals surface area contributed by atoms with Crippen molar-refractivity contribution >= 4 is 11.6 Å². The number of nitrogens with one attached hydrogen (secondary N) is 1. The number of benzene rings is 1. The lowest BCUT2D eigenvalue weighted by atomic mass is 10.00. The second-order valence-corrected chi connectivity index (χ2v) is 5.58. The zero-order valence-electron chi connectivity index (χ0n) is 13.6. The van der Waals surface area contributed by atoms with Crippen LogP contribution in [0.25, 0.3) is 0 Å². The van der Waals surface area contributed by atoms with Crippen LogP contribution in [0, 0.1) is 0 Å². The monoisotopic (exact) mass is 318 g/mol. The van der Waals surface area contributed by atoms with E-state index < -0.39 is 0 Å². The molecule has 0 atom stereocenters. The highest BCUT2D eigenvalue weighted by molar-refractivity contribution is 5.97. The predicted octanol–water partition coefficient (Wildman–Crippen LogP) is 1.89. The summed E-state index contributed by atoms with van der Waals surface area (Å²) in [5.74, 6) is 1.02. The van der Waals surface area contributed by atoms with E-state index in [9.17, 15) is 4.79 Å². The number of aliphatic hydroxyl groups is 1. The Morgan fingerprint density at radius 1 is 1.30 bits per heavy atom. The molecule has 2 rings (SSSR count). The minimum absolute atomic E-state index is 0.141. The zero-order chi connectivity index (χ0) is 16.5. The van der Waals surface area contributed by atoms with Crippen molar-refractivity contribution in [3.63, 3.8) is 0 Å². The van der Waals surface area contributed by atoms with Crippen molar-refractivity contribution in [1.29, 1.82) is 0 Å². The molecule has 1 aliphatic rings. The average Bonchev–Trinajstić information content (AvgIpc) is 2.56. The fourth-order valence-electron chi connectivity index (χ4n) is 2.73. The lowest BCUT2D eigenvalue weighted by Gasteiger charge is -2.29. The van der Waals surface area contributed by atoms with Gasteiger partial charge in [-0.25, -0.2) is 0 Å². The molecule has 5 heteroatoms. The summed E-state index contributed by atoms with van der Waals surface area (Å²) in [5, 5.41) is 12.0. The van der Waals surface area contributed by atoms with Crippen LogP contribution >= 0.6 is 0 Å². The van der Waals surface area contributed by atoms with Gasteiger partial charge in [0.1, 0.15) is 5.75 Å². The second kappa shape index (κ2) is 9.33. The third kappa shape index (κ3) is 4.81. The van der Waals surface area contributed by atoms with E-state index in [0.29, 0.717) is 19.6 Å². The number of carbonyl (C=O) groups is 1. The summed E-state index contributed by atoms with van der Waals surface area (Å²) in [6.45, 7) is 6.82. The number of fused-ring (bicyclic) bond motifs is 1. The van der Waals surface area contributed by atoms with Crippen LogP contribution in [0.15, 0.2) is 30.9 Å². The van der Waals surface area contributed by atoms with Gasteiger partial charge in [-0.15, -0.1) is 6.58 Å². The van der Waals surface area contributed by atoms with E-state index >= 15 is 0 Å². The molecule has 0 aliphatic carbocycles. The number of hydrogen-bond acceptors (Lipinski definition) is 4. The van der Waals surface area contributed by atoms with Gasteiger partial charge >= 0.3 is 0 Å². The van der Waals surface area contributed by atoms with E-state index in [2.05, 4.69) is 11.9 Å². The highest BCUT2D eigenvalue weighted by Gasteiger charge is 2.25. The minimum atomic E-state index is 0.141. The van der Waals surface area contributed by atoms with E-state index in [1.165, 1.54) is 0 Å². The van der Waals surface area contributed by atoms with Crippen LogP contribution in [0.1, 0.15) is 24.8 Å². The van der Waals surface area contributed by atoms with Crippen molar-refractivity contribution in [1.82, 2.24) is 5.32 Å². The zero-order valence-corrected chi connectivity index (χ0v) is 13.6. The van der Waals surface area contributed by atoms with Gasteiger partial charge in [0.15, 0.2) is 0 Å². The van der Waals surface area contributed by atoms with Gasteiger partial charge < -0.3 is 20.1 Å². The summed E-state index contributed by atoms with van der Waals surface area (Å²) in [6.07, 6.45) is 4.68. The lowest BCUT2D eigenvalue weighted by molar-refractivity contribution is -0.118. The summed E-state index contributed by atoms with van der Waals surface area (Å²) in [7, 11) is 0. The van der Waals surface area contributed by atoms with Crippen molar-refractivity contribution in [2.45, 2.75) is 25.7 Å². The molecule has 2 N–H and O–H groups in total.